The molecule has 1 aromatic carbocycles. The Kier molecular flexibility index (Phi) is 8.57. The summed E-state index contributed by atoms with van der Waals surface area (Å²) < 4.78 is 5.53. The second-order valence-corrected chi connectivity index (χ2v) is 5.00. The lowest BCUT2D eigenvalue weighted by Gasteiger charge is -2.19. The van der Waals surface area contributed by atoms with Gasteiger partial charge < -0.3 is 20.3 Å². The summed E-state index contributed by atoms with van der Waals surface area (Å²) in [6.45, 7) is 7.98. The first kappa shape index (κ1) is 18.8. The van der Waals surface area contributed by atoms with E-state index in [4.69, 9.17) is 4.74 Å². The van der Waals surface area contributed by atoms with E-state index in [-0.39, 0.29) is 18.5 Å². The van der Waals surface area contributed by atoms with Crippen LogP contribution >= 0.6 is 0 Å². The summed E-state index contributed by atoms with van der Waals surface area (Å²) in [5.41, 5.74) is 1.08. The van der Waals surface area contributed by atoms with Crippen molar-refractivity contribution in [2.45, 2.75) is 27.2 Å². The standard InChI is InChI=1S/C17H27N3O3/c1-4-14-9-7-8-10-15(14)23-13-16(21)18-11-12-19-17(22)20(5-2)6-3/h7-10H,4-6,11-13H2,1-3H3,(H,18,21)(H,19,22). The lowest BCUT2D eigenvalue weighted by atomic mass is 10.1. The van der Waals surface area contributed by atoms with E-state index in [9.17, 15) is 9.59 Å². The Morgan fingerprint density at radius 3 is 2.35 bits per heavy atom. The Morgan fingerprint density at radius 2 is 1.70 bits per heavy atom. The number of aryl methyl sites for hydroxylation is 1. The van der Waals surface area contributed by atoms with Gasteiger partial charge in [0.2, 0.25) is 0 Å². The highest BCUT2D eigenvalue weighted by molar-refractivity contribution is 5.77. The normalized spacial score (nSPS) is 10.0. The number of hydrogen-bond acceptors (Lipinski definition) is 3. The maximum absolute atomic E-state index is 11.7. The predicted octanol–water partition coefficient (Wildman–Crippen LogP) is 1.80. The minimum Gasteiger partial charge on any atom is -0.483 e. The molecule has 6 heteroatoms. The van der Waals surface area contributed by atoms with Crippen LogP contribution in [-0.2, 0) is 11.2 Å². The minimum absolute atomic E-state index is 0.0268. The van der Waals surface area contributed by atoms with Crippen LogP contribution in [0, 0.1) is 0 Å². The molecule has 0 aliphatic carbocycles. The Bertz CT molecular complexity index is 502. The van der Waals surface area contributed by atoms with Crippen molar-refractivity contribution in [2.75, 3.05) is 32.8 Å². The lowest BCUT2D eigenvalue weighted by Crippen LogP contribution is -2.43. The number of amides is 3. The molecule has 0 aliphatic heterocycles. The van der Waals surface area contributed by atoms with Gasteiger partial charge in [-0.15, -0.1) is 0 Å². The minimum atomic E-state index is -0.201. The molecule has 2 N–H and O–H groups in total. The molecule has 3 amide bonds. The van der Waals surface area contributed by atoms with Crippen LogP contribution in [0.2, 0.25) is 0 Å². The molecular weight excluding hydrogens is 294 g/mol. The van der Waals surface area contributed by atoms with Crippen LogP contribution in [0.3, 0.4) is 0 Å². The van der Waals surface area contributed by atoms with Crippen molar-refractivity contribution < 1.29 is 14.3 Å². The summed E-state index contributed by atoms with van der Waals surface area (Å²) in [6.07, 6.45) is 0.856. The van der Waals surface area contributed by atoms with E-state index < -0.39 is 0 Å². The fraction of sp³-hybridized carbons (Fsp3) is 0.529. The van der Waals surface area contributed by atoms with Crippen molar-refractivity contribution in [3.8, 4) is 5.75 Å². The molecule has 1 rings (SSSR count). The molecule has 0 saturated heterocycles. The van der Waals surface area contributed by atoms with E-state index in [1.807, 2.05) is 45.0 Å². The molecule has 0 atom stereocenters. The van der Waals surface area contributed by atoms with E-state index in [1.165, 1.54) is 0 Å². The van der Waals surface area contributed by atoms with Gasteiger partial charge in [0.25, 0.3) is 5.91 Å². The summed E-state index contributed by atoms with van der Waals surface area (Å²) >= 11 is 0. The molecular formula is C17H27N3O3. The third kappa shape index (κ3) is 6.59. The van der Waals surface area contributed by atoms with Crippen LogP contribution in [0.5, 0.6) is 5.75 Å². The van der Waals surface area contributed by atoms with Gasteiger partial charge in [0.15, 0.2) is 6.61 Å². The number of hydrogen-bond donors (Lipinski definition) is 2. The zero-order chi connectivity index (χ0) is 17.1. The number of para-hydroxylation sites is 1. The van der Waals surface area contributed by atoms with Crippen LogP contribution < -0.4 is 15.4 Å². The maximum atomic E-state index is 11.7. The van der Waals surface area contributed by atoms with Gasteiger partial charge in [-0.2, -0.15) is 0 Å². The van der Waals surface area contributed by atoms with Crippen molar-refractivity contribution >= 4 is 11.9 Å². The molecule has 0 heterocycles. The van der Waals surface area contributed by atoms with Gasteiger partial charge in [-0.1, -0.05) is 25.1 Å². The van der Waals surface area contributed by atoms with Crippen molar-refractivity contribution in [3.05, 3.63) is 29.8 Å². The molecule has 1 aromatic rings. The van der Waals surface area contributed by atoms with Crippen molar-refractivity contribution in [2.24, 2.45) is 0 Å². The van der Waals surface area contributed by atoms with E-state index in [0.717, 1.165) is 17.7 Å². The third-order valence-corrected chi connectivity index (χ3v) is 3.49. The summed E-state index contributed by atoms with van der Waals surface area (Å²) in [5, 5.41) is 5.49. The molecule has 0 aromatic heterocycles. The largest absolute Gasteiger partial charge is 0.483 e. The average molecular weight is 321 g/mol. The monoisotopic (exact) mass is 321 g/mol. The van der Waals surface area contributed by atoms with Crippen molar-refractivity contribution in [3.63, 3.8) is 0 Å². The zero-order valence-electron chi connectivity index (χ0n) is 14.2. The van der Waals surface area contributed by atoms with E-state index in [1.54, 1.807) is 4.90 Å². The molecule has 0 bridgehead atoms. The zero-order valence-corrected chi connectivity index (χ0v) is 14.2. The quantitative estimate of drug-likeness (QED) is 0.681. The van der Waals surface area contributed by atoms with E-state index in [0.29, 0.717) is 26.2 Å². The summed E-state index contributed by atoms with van der Waals surface area (Å²) in [6, 6.07) is 7.56. The summed E-state index contributed by atoms with van der Waals surface area (Å²) in [7, 11) is 0. The second-order valence-electron chi connectivity index (χ2n) is 5.00. The van der Waals surface area contributed by atoms with Crippen LogP contribution in [0.25, 0.3) is 0 Å². The highest BCUT2D eigenvalue weighted by Crippen LogP contribution is 2.17. The van der Waals surface area contributed by atoms with Gasteiger partial charge >= 0.3 is 6.03 Å². The molecule has 128 valence electrons. The molecule has 0 spiro atoms. The van der Waals surface area contributed by atoms with Gasteiger partial charge in [-0.3, -0.25) is 4.79 Å². The smallest absolute Gasteiger partial charge is 0.317 e. The van der Waals surface area contributed by atoms with Crippen molar-refractivity contribution in [1.82, 2.24) is 15.5 Å². The van der Waals surface area contributed by atoms with Gasteiger partial charge in [0.05, 0.1) is 0 Å². The molecule has 23 heavy (non-hydrogen) atoms. The molecule has 0 fully saturated rings. The van der Waals surface area contributed by atoms with Crippen LogP contribution in [0.4, 0.5) is 4.79 Å². The average Bonchev–Trinajstić information content (AvgIpc) is 2.58. The van der Waals surface area contributed by atoms with Crippen molar-refractivity contribution in [1.29, 1.82) is 0 Å². The molecule has 0 aliphatic rings. The first-order chi connectivity index (χ1) is 11.1. The number of nitrogens with one attached hydrogen (secondary N) is 2. The number of carbonyl (C=O) groups excluding carboxylic acids is 2. The predicted molar refractivity (Wildman–Crippen MR) is 90.6 cm³/mol. The first-order valence-electron chi connectivity index (χ1n) is 8.12. The second kappa shape index (κ2) is 10.5. The number of urea groups is 1. The summed E-state index contributed by atoms with van der Waals surface area (Å²) in [5.74, 6) is 0.535. The first-order valence-corrected chi connectivity index (χ1v) is 8.12. The maximum Gasteiger partial charge on any atom is 0.317 e. The molecule has 0 saturated carbocycles. The topological polar surface area (TPSA) is 70.7 Å². The molecule has 6 nitrogen and oxygen atoms in total. The Labute approximate surface area is 138 Å². The highest BCUT2D eigenvalue weighted by Gasteiger charge is 2.08. The number of rotatable bonds is 9. The van der Waals surface area contributed by atoms with Gasteiger partial charge in [0.1, 0.15) is 5.75 Å². The Hall–Kier alpha value is -2.24. The molecule has 0 radical (unpaired) electrons. The number of ether oxygens (including phenoxy) is 1. The number of benzene rings is 1. The fourth-order valence-electron chi connectivity index (χ4n) is 2.13. The van der Waals surface area contributed by atoms with Gasteiger partial charge in [-0.05, 0) is 31.9 Å². The SMILES string of the molecule is CCc1ccccc1OCC(=O)NCCNC(=O)N(CC)CC. The summed E-state index contributed by atoms with van der Waals surface area (Å²) in [4.78, 5) is 25.1. The Morgan fingerprint density at radius 1 is 1.04 bits per heavy atom. The number of nitrogens with zero attached hydrogens (tertiary/aromatic N) is 1. The van der Waals surface area contributed by atoms with Gasteiger partial charge in [-0.25, -0.2) is 4.79 Å². The van der Waals surface area contributed by atoms with Gasteiger partial charge in [0, 0.05) is 26.2 Å². The van der Waals surface area contributed by atoms with E-state index >= 15 is 0 Å². The van der Waals surface area contributed by atoms with E-state index in [2.05, 4.69) is 10.6 Å². The third-order valence-electron chi connectivity index (χ3n) is 3.49. The fourth-order valence-corrected chi connectivity index (χ4v) is 2.13. The molecule has 0 unspecified atom stereocenters. The lowest BCUT2D eigenvalue weighted by molar-refractivity contribution is -0.123. The van der Waals surface area contributed by atoms with Crippen LogP contribution in [-0.4, -0.2) is 49.6 Å². The van der Waals surface area contributed by atoms with Crippen LogP contribution in [0.15, 0.2) is 24.3 Å². The van der Waals surface area contributed by atoms with Crippen LogP contribution in [0.1, 0.15) is 26.3 Å². The highest BCUT2D eigenvalue weighted by atomic mass is 16.5. The Balaban J connectivity index is 2.23. The number of carbonyl (C=O) groups is 2.